The summed E-state index contributed by atoms with van der Waals surface area (Å²) in [5.41, 5.74) is 0.414. The van der Waals surface area contributed by atoms with Gasteiger partial charge in [-0.15, -0.1) is 0 Å². The molecule has 0 saturated carbocycles. The molecule has 1 N–H and O–H groups in total. The third-order valence-electron chi connectivity index (χ3n) is 4.88. The van der Waals surface area contributed by atoms with Crippen LogP contribution in [0.1, 0.15) is 29.6 Å². The highest BCUT2D eigenvalue weighted by Crippen LogP contribution is 2.23. The van der Waals surface area contributed by atoms with Crippen molar-refractivity contribution in [1.29, 1.82) is 0 Å². The highest BCUT2D eigenvalue weighted by molar-refractivity contribution is 7.92. The maximum atomic E-state index is 14.1. The molecule has 0 aromatic heterocycles. The molecular weight excluding hydrogens is 409 g/mol. The number of likely N-dealkylation sites (tertiary alicyclic amines) is 1. The minimum atomic E-state index is -3.91. The van der Waals surface area contributed by atoms with E-state index in [1.807, 2.05) is 0 Å². The normalized spacial score (nSPS) is 14.3. The van der Waals surface area contributed by atoms with Crippen molar-refractivity contribution in [2.45, 2.75) is 19.3 Å². The number of nitrogens with one attached hydrogen (secondary N) is 1. The smallest absolute Gasteiger partial charge is 0.255 e. The maximum Gasteiger partial charge on any atom is 0.255 e. The molecule has 2 aromatic carbocycles. The average Bonchev–Trinajstić information content (AvgIpc) is 2.72. The van der Waals surface area contributed by atoms with E-state index in [-0.39, 0.29) is 11.6 Å². The number of carbonyl (C=O) groups excluding carboxylic acids is 2. The number of piperidine rings is 1. The predicted molar refractivity (Wildman–Crippen MR) is 113 cm³/mol. The molecule has 9 heteroatoms. The Morgan fingerprint density at radius 3 is 2.33 bits per heavy atom. The van der Waals surface area contributed by atoms with Gasteiger partial charge in [0.15, 0.2) is 0 Å². The fourth-order valence-electron chi connectivity index (χ4n) is 3.40. The van der Waals surface area contributed by atoms with Crippen LogP contribution in [0.3, 0.4) is 0 Å². The van der Waals surface area contributed by atoms with Crippen molar-refractivity contribution < 1.29 is 22.4 Å². The second kappa shape index (κ2) is 9.25. The summed E-state index contributed by atoms with van der Waals surface area (Å²) in [6, 6.07) is 11.9. The van der Waals surface area contributed by atoms with Crippen molar-refractivity contribution in [3.8, 4) is 0 Å². The first kappa shape index (κ1) is 21.8. The Morgan fingerprint density at radius 2 is 1.67 bits per heavy atom. The topological polar surface area (TPSA) is 86.8 Å². The second-order valence-electron chi connectivity index (χ2n) is 7.17. The third-order valence-corrected chi connectivity index (χ3v) is 6.01. The van der Waals surface area contributed by atoms with Crippen LogP contribution in [0, 0.1) is 5.82 Å². The summed E-state index contributed by atoms with van der Waals surface area (Å²) in [5, 5.41) is 2.61. The third kappa shape index (κ3) is 5.15. The van der Waals surface area contributed by atoms with Gasteiger partial charge in [-0.25, -0.2) is 12.8 Å². The number of hydrogen-bond acceptors (Lipinski definition) is 4. The zero-order valence-corrected chi connectivity index (χ0v) is 17.5. The molecular formula is C21H24FN3O4S. The molecule has 1 heterocycles. The van der Waals surface area contributed by atoms with Crippen LogP contribution in [-0.4, -0.2) is 51.0 Å². The molecule has 1 fully saturated rings. The van der Waals surface area contributed by atoms with E-state index in [0.29, 0.717) is 28.6 Å². The summed E-state index contributed by atoms with van der Waals surface area (Å²) in [5.74, 6) is -1.61. The first-order chi connectivity index (χ1) is 14.3. The number of amides is 2. The molecule has 0 bridgehead atoms. The van der Waals surface area contributed by atoms with Crippen LogP contribution in [0.5, 0.6) is 0 Å². The Balaban J connectivity index is 1.80. The van der Waals surface area contributed by atoms with Crippen molar-refractivity contribution in [3.05, 3.63) is 59.9 Å². The molecule has 30 heavy (non-hydrogen) atoms. The fraction of sp³-hybridized carbons (Fsp3) is 0.333. The van der Waals surface area contributed by atoms with Gasteiger partial charge in [0.2, 0.25) is 15.9 Å². The average molecular weight is 434 g/mol. The lowest BCUT2D eigenvalue weighted by Gasteiger charge is -2.27. The largest absolute Gasteiger partial charge is 0.339 e. The highest BCUT2D eigenvalue weighted by Gasteiger charge is 2.25. The van der Waals surface area contributed by atoms with Gasteiger partial charge >= 0.3 is 0 Å². The second-order valence-corrected chi connectivity index (χ2v) is 9.07. The van der Waals surface area contributed by atoms with Crippen molar-refractivity contribution in [3.63, 3.8) is 0 Å². The van der Waals surface area contributed by atoms with Crippen molar-refractivity contribution in [2.75, 3.05) is 35.5 Å². The van der Waals surface area contributed by atoms with Gasteiger partial charge in [0.05, 0.1) is 23.2 Å². The minimum Gasteiger partial charge on any atom is -0.339 e. The number of nitrogens with zero attached hydrogens (tertiary/aromatic N) is 2. The summed E-state index contributed by atoms with van der Waals surface area (Å²) in [7, 11) is -3.91. The van der Waals surface area contributed by atoms with Gasteiger partial charge in [-0.05, 0) is 43.5 Å². The zero-order valence-electron chi connectivity index (χ0n) is 16.7. The predicted octanol–water partition coefficient (Wildman–Crippen LogP) is 2.86. The van der Waals surface area contributed by atoms with Crippen molar-refractivity contribution in [2.24, 2.45) is 0 Å². The molecule has 0 unspecified atom stereocenters. The number of sulfonamides is 1. The Kier molecular flexibility index (Phi) is 6.71. The highest BCUT2D eigenvalue weighted by atomic mass is 32.2. The van der Waals surface area contributed by atoms with E-state index >= 15 is 0 Å². The van der Waals surface area contributed by atoms with E-state index < -0.39 is 28.3 Å². The van der Waals surface area contributed by atoms with Crippen molar-refractivity contribution >= 4 is 33.2 Å². The van der Waals surface area contributed by atoms with Gasteiger partial charge in [-0.2, -0.15) is 0 Å². The molecule has 1 aliphatic rings. The van der Waals surface area contributed by atoms with E-state index in [1.165, 1.54) is 18.2 Å². The van der Waals surface area contributed by atoms with Crippen LogP contribution in [0.2, 0.25) is 0 Å². The quantitative estimate of drug-likeness (QED) is 0.759. The van der Waals surface area contributed by atoms with Crippen LogP contribution in [0.25, 0.3) is 0 Å². The maximum absolute atomic E-state index is 14.1. The van der Waals surface area contributed by atoms with E-state index in [4.69, 9.17) is 0 Å². The van der Waals surface area contributed by atoms with Crippen LogP contribution < -0.4 is 9.62 Å². The van der Waals surface area contributed by atoms with Gasteiger partial charge in [0.25, 0.3) is 5.91 Å². The number of anilines is 2. The Morgan fingerprint density at radius 1 is 1.03 bits per heavy atom. The molecule has 7 nitrogen and oxygen atoms in total. The molecule has 0 spiro atoms. The molecule has 0 radical (unpaired) electrons. The summed E-state index contributed by atoms with van der Waals surface area (Å²) in [6.07, 6.45) is 3.86. The lowest BCUT2D eigenvalue weighted by atomic mass is 10.1. The molecule has 1 aliphatic heterocycles. The van der Waals surface area contributed by atoms with Gasteiger partial charge in [0.1, 0.15) is 12.4 Å². The molecule has 0 atom stereocenters. The molecule has 1 saturated heterocycles. The Hall–Kier alpha value is -2.94. The van der Waals surface area contributed by atoms with Crippen LogP contribution in [0.4, 0.5) is 15.8 Å². The van der Waals surface area contributed by atoms with Gasteiger partial charge < -0.3 is 10.2 Å². The number of benzene rings is 2. The molecule has 160 valence electrons. The van der Waals surface area contributed by atoms with E-state index in [1.54, 1.807) is 29.2 Å². The van der Waals surface area contributed by atoms with Gasteiger partial charge in [-0.1, -0.05) is 24.3 Å². The van der Waals surface area contributed by atoms with E-state index in [0.717, 1.165) is 31.6 Å². The summed E-state index contributed by atoms with van der Waals surface area (Å²) in [6.45, 7) is 0.707. The van der Waals surface area contributed by atoms with Gasteiger partial charge in [-0.3, -0.25) is 13.9 Å². The zero-order chi connectivity index (χ0) is 21.7. The lowest BCUT2D eigenvalue weighted by molar-refractivity contribution is -0.114. The standard InChI is InChI=1S/C21H24FN3O4S/c1-30(28,29)25(19-12-6-4-10-17(19)22)15-20(26)23-18-11-5-3-9-16(18)21(27)24-13-7-2-8-14-24/h3-6,9-12H,2,7-8,13-15H2,1H3,(H,23,26). The minimum absolute atomic E-state index is 0.181. The van der Waals surface area contributed by atoms with Crippen LogP contribution in [-0.2, 0) is 14.8 Å². The molecule has 0 aliphatic carbocycles. The number of hydrogen-bond donors (Lipinski definition) is 1. The SMILES string of the molecule is CS(=O)(=O)N(CC(=O)Nc1ccccc1C(=O)N1CCCCC1)c1ccccc1F. The monoisotopic (exact) mass is 433 g/mol. The molecule has 2 amide bonds. The van der Waals surface area contributed by atoms with Crippen molar-refractivity contribution in [1.82, 2.24) is 4.90 Å². The number of carbonyl (C=O) groups is 2. The number of para-hydroxylation sites is 2. The Labute approximate surface area is 175 Å². The van der Waals surface area contributed by atoms with E-state index in [9.17, 15) is 22.4 Å². The first-order valence-corrected chi connectivity index (χ1v) is 11.5. The summed E-state index contributed by atoms with van der Waals surface area (Å²) >= 11 is 0. The molecule has 2 aromatic rings. The van der Waals surface area contributed by atoms with Crippen LogP contribution in [0.15, 0.2) is 48.5 Å². The molecule has 3 rings (SSSR count). The lowest BCUT2D eigenvalue weighted by Crippen LogP contribution is -2.39. The number of halogens is 1. The fourth-order valence-corrected chi connectivity index (χ4v) is 4.26. The summed E-state index contributed by atoms with van der Waals surface area (Å²) in [4.78, 5) is 27.3. The number of rotatable bonds is 6. The van der Waals surface area contributed by atoms with Gasteiger partial charge in [0, 0.05) is 13.1 Å². The van der Waals surface area contributed by atoms with E-state index in [2.05, 4.69) is 5.32 Å². The Bertz CT molecular complexity index is 1040. The van der Waals surface area contributed by atoms with Crippen LogP contribution >= 0.6 is 0 Å². The summed E-state index contributed by atoms with van der Waals surface area (Å²) < 4.78 is 39.2. The first-order valence-electron chi connectivity index (χ1n) is 9.68.